The average molecular weight is 426 g/mol. The molecule has 3 N–H and O–H groups in total. The number of amides is 1. The monoisotopic (exact) mass is 426 g/mol. The maximum absolute atomic E-state index is 13.7. The molecule has 1 unspecified atom stereocenters. The first-order chi connectivity index (χ1) is 14.6. The van der Waals surface area contributed by atoms with E-state index in [1.165, 1.54) is 41.8 Å². The lowest BCUT2D eigenvalue weighted by Gasteiger charge is -2.15. The summed E-state index contributed by atoms with van der Waals surface area (Å²) in [6, 6.07) is 9.78. The maximum atomic E-state index is 13.7. The van der Waals surface area contributed by atoms with Gasteiger partial charge in [0.1, 0.15) is 11.6 Å². The van der Waals surface area contributed by atoms with E-state index in [-0.39, 0.29) is 17.9 Å². The van der Waals surface area contributed by atoms with Crippen molar-refractivity contribution in [2.45, 2.75) is 26.7 Å². The Kier molecular flexibility index (Phi) is 6.10. The fourth-order valence-electron chi connectivity index (χ4n) is 3.61. The molecule has 0 saturated carbocycles. The van der Waals surface area contributed by atoms with Crippen LogP contribution in [0.4, 0.5) is 4.39 Å². The van der Waals surface area contributed by atoms with Crippen molar-refractivity contribution in [2.75, 3.05) is 6.54 Å². The zero-order valence-electron chi connectivity index (χ0n) is 17.3. The number of hydrogen-bond acceptors (Lipinski definition) is 4. The van der Waals surface area contributed by atoms with Gasteiger partial charge >= 0.3 is 5.97 Å². The van der Waals surface area contributed by atoms with Crippen molar-refractivity contribution in [2.24, 2.45) is 5.92 Å². The minimum absolute atomic E-state index is 0.0313. The van der Waals surface area contributed by atoms with E-state index in [1.807, 2.05) is 0 Å². The van der Waals surface area contributed by atoms with Crippen LogP contribution >= 0.6 is 0 Å². The molecule has 0 spiro atoms. The molecule has 0 fully saturated rings. The van der Waals surface area contributed by atoms with Gasteiger partial charge in [0, 0.05) is 23.2 Å². The number of benzene rings is 2. The predicted molar refractivity (Wildman–Crippen MR) is 113 cm³/mol. The molecule has 162 valence electrons. The molecule has 1 amide bonds. The van der Waals surface area contributed by atoms with Crippen molar-refractivity contribution in [3.8, 4) is 5.75 Å². The molecule has 0 aliphatic carbocycles. The van der Waals surface area contributed by atoms with Gasteiger partial charge in [0.25, 0.3) is 5.91 Å². The number of carbonyl (C=O) groups excluding carboxylic acids is 2. The fraction of sp³-hybridized carbons (Fsp3) is 0.261. The summed E-state index contributed by atoms with van der Waals surface area (Å²) in [7, 11) is 0. The van der Waals surface area contributed by atoms with Gasteiger partial charge in [-0.15, -0.1) is 0 Å². The average Bonchev–Trinajstić information content (AvgIpc) is 3.01. The van der Waals surface area contributed by atoms with Gasteiger partial charge in [-0.05, 0) is 55.8 Å². The number of rotatable bonds is 6. The van der Waals surface area contributed by atoms with Gasteiger partial charge in [-0.3, -0.25) is 19.0 Å². The number of nitrogens with one attached hydrogen (secondary N) is 1. The number of hydrogen-bond donors (Lipinski definition) is 3. The molecule has 0 aliphatic rings. The Bertz CT molecular complexity index is 1180. The first-order valence-electron chi connectivity index (χ1n) is 9.76. The number of aliphatic carboxylic acids is 1. The van der Waals surface area contributed by atoms with E-state index in [2.05, 4.69) is 5.32 Å². The molecule has 3 aromatic rings. The summed E-state index contributed by atoms with van der Waals surface area (Å²) in [5.41, 5.74) is 1.62. The molecular weight excluding hydrogens is 403 g/mol. The third-order valence-corrected chi connectivity index (χ3v) is 5.34. The second-order valence-corrected chi connectivity index (χ2v) is 7.56. The van der Waals surface area contributed by atoms with Crippen LogP contribution in [0, 0.1) is 18.7 Å². The maximum Gasteiger partial charge on any atom is 0.308 e. The van der Waals surface area contributed by atoms with Crippen LogP contribution in [-0.4, -0.2) is 39.1 Å². The highest BCUT2D eigenvalue weighted by Gasteiger charge is 2.27. The summed E-state index contributed by atoms with van der Waals surface area (Å²) in [5, 5.41) is 22.1. The molecule has 31 heavy (non-hydrogen) atoms. The molecule has 1 heterocycles. The number of aromatic hydroxyl groups is 1. The molecule has 1 aromatic heterocycles. The number of carbonyl (C=O) groups is 3. The molecule has 3 rings (SSSR count). The van der Waals surface area contributed by atoms with Crippen molar-refractivity contribution in [1.29, 1.82) is 0 Å². The lowest BCUT2D eigenvalue weighted by Crippen LogP contribution is -2.34. The van der Waals surface area contributed by atoms with Crippen LogP contribution in [-0.2, 0) is 9.59 Å². The van der Waals surface area contributed by atoms with E-state index in [9.17, 15) is 23.9 Å². The highest BCUT2D eigenvalue weighted by Crippen LogP contribution is 2.34. The van der Waals surface area contributed by atoms with Crippen LogP contribution in [0.1, 0.15) is 41.4 Å². The number of phenols is 1. The van der Waals surface area contributed by atoms with E-state index < -0.39 is 35.4 Å². The first-order valence-corrected chi connectivity index (χ1v) is 9.76. The van der Waals surface area contributed by atoms with Crippen molar-refractivity contribution in [3.63, 3.8) is 0 Å². The van der Waals surface area contributed by atoms with Gasteiger partial charge in [-0.1, -0.05) is 13.0 Å². The predicted octanol–water partition coefficient (Wildman–Crippen LogP) is 3.42. The SMILES string of the molecule is Cc1c([C@H](C)C(=O)NCC(C)C(=O)O)c2cc(O)ccc2n1C(=O)c1cccc(F)c1. The van der Waals surface area contributed by atoms with Crippen LogP contribution in [0.15, 0.2) is 42.5 Å². The molecule has 8 heteroatoms. The van der Waals surface area contributed by atoms with Gasteiger partial charge in [-0.2, -0.15) is 0 Å². The molecule has 2 aromatic carbocycles. The smallest absolute Gasteiger partial charge is 0.308 e. The Labute approximate surface area is 178 Å². The fourth-order valence-corrected chi connectivity index (χ4v) is 3.61. The summed E-state index contributed by atoms with van der Waals surface area (Å²) in [4.78, 5) is 36.9. The van der Waals surface area contributed by atoms with Gasteiger partial charge in [0.2, 0.25) is 5.91 Å². The topological polar surface area (TPSA) is 109 Å². The van der Waals surface area contributed by atoms with Gasteiger partial charge < -0.3 is 15.5 Å². The Hall–Kier alpha value is -3.68. The minimum Gasteiger partial charge on any atom is -0.508 e. The number of fused-ring (bicyclic) bond motifs is 1. The highest BCUT2D eigenvalue weighted by atomic mass is 19.1. The van der Waals surface area contributed by atoms with Crippen LogP contribution < -0.4 is 5.32 Å². The van der Waals surface area contributed by atoms with Gasteiger partial charge in [0.15, 0.2) is 0 Å². The third kappa shape index (κ3) is 4.28. The van der Waals surface area contributed by atoms with E-state index in [4.69, 9.17) is 5.11 Å². The van der Waals surface area contributed by atoms with Gasteiger partial charge in [-0.25, -0.2) is 4.39 Å². The van der Waals surface area contributed by atoms with Crippen molar-refractivity contribution in [3.05, 3.63) is 65.1 Å². The third-order valence-electron chi connectivity index (χ3n) is 5.34. The largest absolute Gasteiger partial charge is 0.508 e. The number of halogens is 1. The minimum atomic E-state index is -1.02. The molecular formula is C23H23FN2O5. The lowest BCUT2D eigenvalue weighted by molar-refractivity contribution is -0.141. The van der Waals surface area contributed by atoms with Crippen molar-refractivity contribution in [1.82, 2.24) is 9.88 Å². The first kappa shape index (κ1) is 22.0. The summed E-state index contributed by atoms with van der Waals surface area (Å²) in [6.07, 6.45) is 0. The van der Waals surface area contributed by atoms with Crippen LogP contribution in [0.5, 0.6) is 5.75 Å². The number of aromatic nitrogens is 1. The molecule has 0 bridgehead atoms. The Morgan fingerprint density at radius 3 is 2.48 bits per heavy atom. The van der Waals surface area contributed by atoms with E-state index in [0.29, 0.717) is 22.2 Å². The normalized spacial score (nSPS) is 13.0. The summed E-state index contributed by atoms with van der Waals surface area (Å²) < 4.78 is 15.1. The molecule has 0 radical (unpaired) electrons. The highest BCUT2D eigenvalue weighted by molar-refractivity contribution is 6.05. The molecule has 7 nitrogen and oxygen atoms in total. The second kappa shape index (κ2) is 8.59. The Morgan fingerprint density at radius 1 is 1.13 bits per heavy atom. The van der Waals surface area contributed by atoms with Gasteiger partial charge in [0.05, 0.1) is 17.4 Å². The van der Waals surface area contributed by atoms with Crippen LogP contribution in [0.2, 0.25) is 0 Å². The quantitative estimate of drug-likeness (QED) is 0.560. The standard InChI is InChI=1S/C23H23FN2O5/c1-12(23(30)31)11-25-21(28)13(2)20-14(3)26(19-8-7-17(27)10-18(19)20)22(29)15-5-4-6-16(24)9-15/h4-10,12-13,27H,11H2,1-3H3,(H,25,28)(H,30,31)/t12?,13-/m0/s1. The van der Waals surface area contributed by atoms with Crippen LogP contribution in [0.3, 0.4) is 0 Å². The second-order valence-electron chi connectivity index (χ2n) is 7.56. The Morgan fingerprint density at radius 2 is 1.84 bits per heavy atom. The van der Waals surface area contributed by atoms with Crippen molar-refractivity contribution >= 4 is 28.7 Å². The molecule has 0 saturated heterocycles. The number of carboxylic acid groups (broad SMARTS) is 1. The summed E-state index contributed by atoms with van der Waals surface area (Å²) >= 11 is 0. The molecule has 2 atom stereocenters. The van der Waals surface area contributed by atoms with E-state index >= 15 is 0 Å². The zero-order valence-corrected chi connectivity index (χ0v) is 17.3. The zero-order chi connectivity index (χ0) is 22.9. The van der Waals surface area contributed by atoms with E-state index in [0.717, 1.165) is 6.07 Å². The van der Waals surface area contributed by atoms with Crippen LogP contribution in [0.25, 0.3) is 10.9 Å². The van der Waals surface area contributed by atoms with E-state index in [1.54, 1.807) is 19.9 Å². The summed E-state index contributed by atoms with van der Waals surface area (Å²) in [5.74, 6) is -3.95. The lowest BCUT2D eigenvalue weighted by atomic mass is 9.96. The number of phenolic OH excluding ortho intramolecular Hbond substituents is 1. The number of carboxylic acids is 1. The molecule has 0 aliphatic heterocycles. The summed E-state index contributed by atoms with van der Waals surface area (Å²) in [6.45, 7) is 4.76. The number of nitrogens with zero attached hydrogens (tertiary/aromatic N) is 1. The Balaban J connectivity index is 2.07. The van der Waals surface area contributed by atoms with Crippen molar-refractivity contribution < 1.29 is 29.0 Å².